The number of ether oxygens (including phenoxy) is 1. The minimum Gasteiger partial charge on any atom is -0.381 e. The van der Waals surface area contributed by atoms with Crippen molar-refractivity contribution >= 4 is 5.82 Å². The number of rotatable bonds is 5. The highest BCUT2D eigenvalue weighted by Crippen LogP contribution is 2.42. The second-order valence-corrected chi connectivity index (χ2v) is 9.92. The molecule has 0 spiro atoms. The largest absolute Gasteiger partial charge is 0.420 e. The fraction of sp³-hybridized carbons (Fsp3) is 0.625. The average Bonchev–Trinajstić information content (AvgIpc) is 3.33. The molecule has 0 radical (unpaired) electrons. The maximum Gasteiger partial charge on any atom is 0.420 e. The molecule has 4 heterocycles. The molecule has 6 nitrogen and oxygen atoms in total. The van der Waals surface area contributed by atoms with Crippen molar-refractivity contribution in [3.8, 4) is 11.3 Å². The van der Waals surface area contributed by atoms with Crippen molar-refractivity contribution < 1.29 is 22.3 Å². The fourth-order valence-corrected chi connectivity index (χ4v) is 5.77. The number of pyridine rings is 1. The number of alkyl halides is 3. The van der Waals surface area contributed by atoms with Crippen LogP contribution in [0.3, 0.4) is 0 Å². The van der Waals surface area contributed by atoms with E-state index in [2.05, 4.69) is 25.4 Å². The van der Waals surface area contributed by atoms with Crippen molar-refractivity contribution in [2.24, 2.45) is 17.8 Å². The van der Waals surface area contributed by atoms with E-state index < -0.39 is 17.7 Å². The Morgan fingerprint density at radius 1 is 1.09 bits per heavy atom. The Balaban J connectivity index is 1.26. The van der Waals surface area contributed by atoms with Gasteiger partial charge in [-0.3, -0.25) is 0 Å². The lowest BCUT2D eigenvalue weighted by atomic mass is 10.00. The van der Waals surface area contributed by atoms with Crippen molar-refractivity contribution in [1.82, 2.24) is 20.1 Å². The maximum atomic E-state index is 13.9. The number of hydrogen-bond donors (Lipinski definition) is 1. The van der Waals surface area contributed by atoms with Crippen LogP contribution in [0.4, 0.5) is 23.4 Å². The van der Waals surface area contributed by atoms with Gasteiger partial charge in [-0.05, 0) is 62.0 Å². The molecule has 1 N–H and O–H groups in total. The van der Waals surface area contributed by atoms with Crippen LogP contribution >= 0.6 is 0 Å². The van der Waals surface area contributed by atoms with Crippen LogP contribution in [0.2, 0.25) is 0 Å². The smallest absolute Gasteiger partial charge is 0.381 e. The number of fused-ring (bicyclic) bond motifs is 1. The Bertz CT molecular complexity index is 1010. The SMILES string of the molecule is Cc1cnc(F)cc1-c1cc(C(F)(F)F)c(N[C@@H]2C[C@@H]3CN(CC4CCOCC4)C[C@@H]3C2)nn1. The average molecular weight is 480 g/mol. The molecule has 2 aromatic heterocycles. The molecule has 1 saturated carbocycles. The Hall–Kier alpha value is -2.33. The lowest BCUT2D eigenvalue weighted by Crippen LogP contribution is -2.32. The molecule has 0 bridgehead atoms. The van der Waals surface area contributed by atoms with Gasteiger partial charge in [-0.2, -0.15) is 17.6 Å². The van der Waals surface area contributed by atoms with E-state index in [1.54, 1.807) is 6.92 Å². The zero-order valence-corrected chi connectivity index (χ0v) is 19.1. The number of nitrogens with one attached hydrogen (secondary N) is 1. The van der Waals surface area contributed by atoms with Crippen molar-refractivity contribution in [2.75, 3.05) is 38.2 Å². The first kappa shape index (κ1) is 23.4. The van der Waals surface area contributed by atoms with Gasteiger partial charge in [-0.15, -0.1) is 10.2 Å². The molecule has 34 heavy (non-hydrogen) atoms. The molecule has 0 amide bonds. The van der Waals surface area contributed by atoms with E-state index in [0.29, 0.717) is 23.3 Å². The summed E-state index contributed by atoms with van der Waals surface area (Å²) < 4.78 is 60.7. The van der Waals surface area contributed by atoms with E-state index in [-0.39, 0.29) is 23.1 Å². The summed E-state index contributed by atoms with van der Waals surface area (Å²) in [5.41, 5.74) is -0.133. The molecule has 2 aromatic rings. The summed E-state index contributed by atoms with van der Waals surface area (Å²) in [4.78, 5) is 6.05. The van der Waals surface area contributed by atoms with Crippen molar-refractivity contribution in [3.05, 3.63) is 35.4 Å². The highest BCUT2D eigenvalue weighted by Gasteiger charge is 2.43. The minimum atomic E-state index is -4.61. The summed E-state index contributed by atoms with van der Waals surface area (Å²) in [5.74, 6) is 0.624. The van der Waals surface area contributed by atoms with Gasteiger partial charge in [0.15, 0.2) is 5.82 Å². The van der Waals surface area contributed by atoms with E-state index in [1.165, 1.54) is 6.20 Å². The highest BCUT2D eigenvalue weighted by molar-refractivity contribution is 5.65. The summed E-state index contributed by atoms with van der Waals surface area (Å²) in [5, 5.41) is 10.9. The number of likely N-dealkylation sites (tertiary alicyclic amines) is 1. The van der Waals surface area contributed by atoms with Crippen LogP contribution in [0.1, 0.15) is 36.8 Å². The monoisotopic (exact) mass is 479 g/mol. The van der Waals surface area contributed by atoms with Gasteiger partial charge in [0, 0.05) is 56.7 Å². The number of hydrogen-bond acceptors (Lipinski definition) is 6. The molecule has 3 aliphatic rings. The van der Waals surface area contributed by atoms with Crippen molar-refractivity contribution in [3.63, 3.8) is 0 Å². The van der Waals surface area contributed by atoms with Crippen LogP contribution in [0.15, 0.2) is 18.3 Å². The Morgan fingerprint density at radius 3 is 2.47 bits per heavy atom. The molecular weight excluding hydrogens is 450 g/mol. The van der Waals surface area contributed by atoms with E-state index in [1.807, 2.05) is 0 Å². The van der Waals surface area contributed by atoms with E-state index in [9.17, 15) is 17.6 Å². The first-order chi connectivity index (χ1) is 16.3. The van der Waals surface area contributed by atoms with Gasteiger partial charge in [0.25, 0.3) is 0 Å². The molecule has 0 unspecified atom stereocenters. The van der Waals surface area contributed by atoms with Gasteiger partial charge in [-0.1, -0.05) is 0 Å². The van der Waals surface area contributed by atoms with E-state index in [0.717, 1.165) is 70.7 Å². The second-order valence-electron chi connectivity index (χ2n) is 9.92. The molecule has 2 saturated heterocycles. The molecule has 2 aliphatic heterocycles. The predicted molar refractivity (Wildman–Crippen MR) is 119 cm³/mol. The lowest BCUT2D eigenvalue weighted by Gasteiger charge is -2.28. The van der Waals surface area contributed by atoms with Gasteiger partial charge >= 0.3 is 6.18 Å². The quantitative estimate of drug-likeness (QED) is 0.501. The van der Waals surface area contributed by atoms with Crippen LogP contribution in [-0.4, -0.2) is 59.0 Å². The molecular formula is C24H29F4N5O. The van der Waals surface area contributed by atoms with Gasteiger partial charge in [0.2, 0.25) is 5.95 Å². The zero-order chi connectivity index (χ0) is 23.9. The number of anilines is 1. The van der Waals surface area contributed by atoms with Crippen molar-refractivity contribution in [2.45, 2.75) is 44.8 Å². The first-order valence-corrected chi connectivity index (χ1v) is 11.9. The van der Waals surface area contributed by atoms with Crippen molar-refractivity contribution in [1.29, 1.82) is 0 Å². The molecule has 10 heteroatoms. The predicted octanol–water partition coefficient (Wildman–Crippen LogP) is 4.55. The van der Waals surface area contributed by atoms with E-state index >= 15 is 0 Å². The molecule has 3 atom stereocenters. The second kappa shape index (κ2) is 9.37. The third kappa shape index (κ3) is 5.02. The normalized spacial score (nSPS) is 26.1. The molecule has 1 aliphatic carbocycles. The number of aryl methyl sites for hydroxylation is 1. The lowest BCUT2D eigenvalue weighted by molar-refractivity contribution is -0.137. The van der Waals surface area contributed by atoms with Crippen LogP contribution in [0, 0.1) is 30.6 Å². The van der Waals surface area contributed by atoms with Gasteiger partial charge in [-0.25, -0.2) is 4.98 Å². The Labute approximate surface area is 196 Å². The van der Waals surface area contributed by atoms with Crippen LogP contribution in [0.25, 0.3) is 11.3 Å². The minimum absolute atomic E-state index is 0.0243. The Kier molecular flexibility index (Phi) is 6.45. The van der Waals surface area contributed by atoms with Crippen LogP contribution < -0.4 is 5.32 Å². The topological polar surface area (TPSA) is 63.2 Å². The fourth-order valence-electron chi connectivity index (χ4n) is 5.77. The summed E-state index contributed by atoms with van der Waals surface area (Å²) in [7, 11) is 0. The summed E-state index contributed by atoms with van der Waals surface area (Å²) >= 11 is 0. The van der Waals surface area contributed by atoms with E-state index in [4.69, 9.17) is 4.74 Å². The molecule has 0 aromatic carbocycles. The molecule has 3 fully saturated rings. The number of aromatic nitrogens is 3. The summed E-state index contributed by atoms with van der Waals surface area (Å²) in [6, 6.07) is 1.96. The van der Waals surface area contributed by atoms with Crippen LogP contribution in [0.5, 0.6) is 0 Å². The van der Waals surface area contributed by atoms with Gasteiger partial charge < -0.3 is 15.0 Å². The zero-order valence-electron chi connectivity index (χ0n) is 19.1. The summed E-state index contributed by atoms with van der Waals surface area (Å²) in [6.45, 7) is 6.43. The first-order valence-electron chi connectivity index (χ1n) is 11.9. The van der Waals surface area contributed by atoms with Gasteiger partial charge in [0.1, 0.15) is 5.56 Å². The number of nitrogens with zero attached hydrogens (tertiary/aromatic N) is 4. The van der Waals surface area contributed by atoms with Gasteiger partial charge in [0.05, 0.1) is 5.69 Å². The maximum absolute atomic E-state index is 13.9. The Morgan fingerprint density at radius 2 is 1.79 bits per heavy atom. The highest BCUT2D eigenvalue weighted by atomic mass is 19.4. The number of halogens is 4. The standard InChI is InChI=1S/C24H29F4N5O/c1-14-10-29-22(25)8-19(14)21-9-20(24(26,27)28)23(32-31-21)30-18-6-16-12-33(13-17(16)7-18)11-15-2-4-34-5-3-15/h8-10,15-18H,2-7,11-13H2,1H3,(H,30,32)/t16-,17+,18-. The molecule has 184 valence electrons. The third-order valence-electron chi connectivity index (χ3n) is 7.47. The molecule has 5 rings (SSSR count). The summed E-state index contributed by atoms with van der Waals surface area (Å²) in [6.07, 6.45) is 0.525. The third-order valence-corrected chi connectivity index (χ3v) is 7.47. The van der Waals surface area contributed by atoms with Crippen LogP contribution in [-0.2, 0) is 10.9 Å².